The first-order valence-corrected chi connectivity index (χ1v) is 8.47. The van der Waals surface area contributed by atoms with E-state index >= 15 is 0 Å². The summed E-state index contributed by atoms with van der Waals surface area (Å²) in [4.78, 5) is 22.4. The largest absolute Gasteiger partial charge is 0.386 e. The van der Waals surface area contributed by atoms with Crippen molar-refractivity contribution < 1.29 is 9.63 Å². The lowest BCUT2D eigenvalue weighted by molar-refractivity contribution is -0.136. The summed E-state index contributed by atoms with van der Waals surface area (Å²) in [5.41, 5.74) is 1.20. The van der Waals surface area contributed by atoms with Crippen molar-refractivity contribution in [3.63, 3.8) is 0 Å². The van der Waals surface area contributed by atoms with Crippen LogP contribution in [0.3, 0.4) is 0 Å². The number of nitrogens with zero attached hydrogens (tertiary/aromatic N) is 3. The third-order valence-electron chi connectivity index (χ3n) is 3.74. The summed E-state index contributed by atoms with van der Waals surface area (Å²) < 4.78 is 0. The fraction of sp³-hybridized carbons (Fsp3) is 0.294. The quantitative estimate of drug-likeness (QED) is 0.625. The molecule has 1 aromatic heterocycles. The highest BCUT2D eigenvalue weighted by molar-refractivity contribution is 7.11. The second kappa shape index (κ2) is 7.78. The van der Waals surface area contributed by atoms with E-state index in [0.717, 1.165) is 18.0 Å². The number of hydrogen-bond donors (Lipinski definition) is 0. The van der Waals surface area contributed by atoms with E-state index in [9.17, 15) is 4.79 Å². The summed E-state index contributed by atoms with van der Waals surface area (Å²) in [6.07, 6.45) is 1.63. The molecule has 0 radical (unpaired) electrons. The second-order valence-electron chi connectivity index (χ2n) is 5.23. The van der Waals surface area contributed by atoms with E-state index in [4.69, 9.17) is 4.84 Å². The van der Waals surface area contributed by atoms with Crippen LogP contribution < -0.4 is 4.90 Å². The van der Waals surface area contributed by atoms with E-state index in [1.54, 1.807) is 17.6 Å². The zero-order valence-corrected chi connectivity index (χ0v) is 13.6. The molecule has 1 aliphatic rings. The Bertz CT molecular complexity index is 635. The van der Waals surface area contributed by atoms with Crippen LogP contribution in [0.25, 0.3) is 0 Å². The molecule has 0 unspecified atom stereocenters. The highest BCUT2D eigenvalue weighted by Crippen LogP contribution is 2.15. The number of para-hydroxylation sites is 1. The topological polar surface area (TPSA) is 45.1 Å². The molecule has 1 saturated heterocycles. The van der Waals surface area contributed by atoms with Gasteiger partial charge in [0.15, 0.2) is 6.61 Å². The van der Waals surface area contributed by atoms with Gasteiger partial charge in [-0.05, 0) is 23.6 Å². The summed E-state index contributed by atoms with van der Waals surface area (Å²) in [5.74, 6) is -0.0129. The first kappa shape index (κ1) is 15.6. The molecule has 0 saturated carbocycles. The Labute approximate surface area is 139 Å². The lowest BCUT2D eigenvalue weighted by atomic mass is 10.2. The van der Waals surface area contributed by atoms with Crippen LogP contribution in [-0.2, 0) is 9.63 Å². The fourth-order valence-electron chi connectivity index (χ4n) is 2.49. The summed E-state index contributed by atoms with van der Waals surface area (Å²) in [6, 6.07) is 14.2. The van der Waals surface area contributed by atoms with Gasteiger partial charge in [-0.2, -0.15) is 0 Å². The number of hydrogen-bond acceptors (Lipinski definition) is 5. The zero-order chi connectivity index (χ0) is 15.9. The van der Waals surface area contributed by atoms with Gasteiger partial charge in [-0.1, -0.05) is 29.4 Å². The van der Waals surface area contributed by atoms with E-state index in [-0.39, 0.29) is 12.5 Å². The molecule has 0 bridgehead atoms. The smallest absolute Gasteiger partial charge is 0.263 e. The SMILES string of the molecule is O=C(CO/N=C/c1cccs1)N1CCN(c2ccccc2)CC1. The third kappa shape index (κ3) is 4.32. The van der Waals surface area contributed by atoms with Crippen LogP contribution >= 0.6 is 11.3 Å². The number of thiophene rings is 1. The maximum Gasteiger partial charge on any atom is 0.263 e. The van der Waals surface area contributed by atoms with Crippen molar-refractivity contribution in [1.82, 2.24) is 4.90 Å². The predicted molar refractivity (Wildman–Crippen MR) is 93.1 cm³/mol. The molecule has 1 amide bonds. The van der Waals surface area contributed by atoms with Crippen molar-refractivity contribution in [2.75, 3.05) is 37.7 Å². The second-order valence-corrected chi connectivity index (χ2v) is 6.21. The van der Waals surface area contributed by atoms with Crippen molar-refractivity contribution in [3.8, 4) is 0 Å². The normalized spacial score (nSPS) is 15.1. The van der Waals surface area contributed by atoms with Crippen molar-refractivity contribution in [2.24, 2.45) is 5.16 Å². The van der Waals surface area contributed by atoms with Gasteiger partial charge >= 0.3 is 0 Å². The summed E-state index contributed by atoms with van der Waals surface area (Å²) >= 11 is 1.58. The van der Waals surface area contributed by atoms with Crippen LogP contribution in [0.15, 0.2) is 53.0 Å². The number of amides is 1. The minimum absolute atomic E-state index is 0.00673. The van der Waals surface area contributed by atoms with Crippen LogP contribution in [0.5, 0.6) is 0 Å². The van der Waals surface area contributed by atoms with E-state index in [1.165, 1.54) is 5.69 Å². The molecule has 0 N–H and O–H groups in total. The van der Waals surface area contributed by atoms with Crippen molar-refractivity contribution in [2.45, 2.75) is 0 Å². The van der Waals surface area contributed by atoms with Gasteiger partial charge in [-0.25, -0.2) is 0 Å². The van der Waals surface area contributed by atoms with Gasteiger partial charge in [0.1, 0.15) is 0 Å². The molecule has 6 heteroatoms. The van der Waals surface area contributed by atoms with Gasteiger partial charge in [0.2, 0.25) is 0 Å². The number of carbonyl (C=O) groups is 1. The van der Waals surface area contributed by atoms with Crippen molar-refractivity contribution in [3.05, 3.63) is 52.7 Å². The molecule has 0 spiro atoms. The number of carbonyl (C=O) groups excluding carboxylic acids is 1. The predicted octanol–water partition coefficient (Wildman–Crippen LogP) is 2.45. The Kier molecular flexibility index (Phi) is 5.26. The number of oxime groups is 1. The van der Waals surface area contributed by atoms with Crippen LogP contribution in [0.4, 0.5) is 5.69 Å². The lowest BCUT2D eigenvalue weighted by Crippen LogP contribution is -2.49. The maximum atomic E-state index is 12.1. The average Bonchev–Trinajstić information content (AvgIpc) is 3.13. The van der Waals surface area contributed by atoms with Crippen LogP contribution in [0.1, 0.15) is 4.88 Å². The lowest BCUT2D eigenvalue weighted by Gasteiger charge is -2.35. The number of benzene rings is 1. The van der Waals surface area contributed by atoms with Gasteiger partial charge in [0.25, 0.3) is 5.91 Å². The van der Waals surface area contributed by atoms with Gasteiger partial charge in [0, 0.05) is 36.7 Å². The molecule has 1 aromatic carbocycles. The molecule has 1 fully saturated rings. The monoisotopic (exact) mass is 329 g/mol. The molecule has 120 valence electrons. The molecular weight excluding hydrogens is 310 g/mol. The van der Waals surface area contributed by atoms with Gasteiger partial charge in [-0.3, -0.25) is 4.79 Å². The maximum absolute atomic E-state index is 12.1. The molecular formula is C17H19N3O2S. The summed E-state index contributed by atoms with van der Waals surface area (Å²) in [5, 5.41) is 5.81. The zero-order valence-electron chi connectivity index (χ0n) is 12.8. The molecule has 1 aliphatic heterocycles. The van der Waals surface area contributed by atoms with E-state index < -0.39 is 0 Å². The molecule has 3 rings (SSSR count). The summed E-state index contributed by atoms with van der Waals surface area (Å²) in [7, 11) is 0. The first-order chi connectivity index (χ1) is 11.3. The molecule has 2 heterocycles. The Hall–Kier alpha value is -2.34. The Balaban J connectivity index is 1.41. The highest BCUT2D eigenvalue weighted by Gasteiger charge is 2.21. The highest BCUT2D eigenvalue weighted by atomic mass is 32.1. The van der Waals surface area contributed by atoms with Crippen LogP contribution in [0, 0.1) is 0 Å². The van der Waals surface area contributed by atoms with Crippen molar-refractivity contribution >= 4 is 29.1 Å². The molecule has 23 heavy (non-hydrogen) atoms. The van der Waals surface area contributed by atoms with Gasteiger partial charge in [0.05, 0.1) is 6.21 Å². The van der Waals surface area contributed by atoms with Crippen molar-refractivity contribution in [1.29, 1.82) is 0 Å². The average molecular weight is 329 g/mol. The van der Waals surface area contributed by atoms with Gasteiger partial charge in [-0.15, -0.1) is 11.3 Å². The fourth-order valence-corrected chi connectivity index (χ4v) is 3.07. The first-order valence-electron chi connectivity index (χ1n) is 7.59. The van der Waals surface area contributed by atoms with Crippen LogP contribution in [0.2, 0.25) is 0 Å². The summed E-state index contributed by atoms with van der Waals surface area (Å²) in [6.45, 7) is 3.10. The van der Waals surface area contributed by atoms with E-state index in [2.05, 4.69) is 22.2 Å². The standard InChI is InChI=1S/C17H19N3O2S/c21-17(14-22-18-13-16-7-4-12-23-16)20-10-8-19(9-11-20)15-5-2-1-3-6-15/h1-7,12-13H,8-11,14H2/b18-13+. The van der Waals surface area contributed by atoms with E-state index in [1.807, 2.05) is 40.6 Å². The number of piperazine rings is 1. The Morgan fingerprint density at radius 1 is 1.13 bits per heavy atom. The minimum Gasteiger partial charge on any atom is -0.386 e. The molecule has 0 atom stereocenters. The third-order valence-corrected chi connectivity index (χ3v) is 4.55. The number of anilines is 1. The van der Waals surface area contributed by atoms with E-state index in [0.29, 0.717) is 13.1 Å². The van der Waals surface area contributed by atoms with Crippen LogP contribution in [-0.4, -0.2) is 49.8 Å². The molecule has 0 aliphatic carbocycles. The number of rotatable bonds is 5. The minimum atomic E-state index is -0.0129. The molecule has 2 aromatic rings. The Morgan fingerprint density at radius 2 is 1.91 bits per heavy atom. The Morgan fingerprint density at radius 3 is 2.61 bits per heavy atom. The van der Waals surface area contributed by atoms with Gasteiger partial charge < -0.3 is 14.6 Å². The molecule has 5 nitrogen and oxygen atoms in total.